The summed E-state index contributed by atoms with van der Waals surface area (Å²) in [7, 11) is 0. The molecular formula is C15H12FN3OS. The third kappa shape index (κ3) is 3.22. The number of pyridine rings is 1. The van der Waals surface area contributed by atoms with Gasteiger partial charge in [0.15, 0.2) is 0 Å². The van der Waals surface area contributed by atoms with Crippen molar-refractivity contribution in [2.45, 2.75) is 10.6 Å². The molecule has 3 rings (SSSR count). The molecule has 21 heavy (non-hydrogen) atoms. The Kier molecular flexibility index (Phi) is 3.87. The zero-order chi connectivity index (χ0) is 14.7. The van der Waals surface area contributed by atoms with E-state index < -0.39 is 0 Å². The Hall–Kier alpha value is -2.34. The average Bonchev–Trinajstić information content (AvgIpc) is 2.96. The fourth-order valence-corrected chi connectivity index (χ4v) is 2.59. The molecule has 0 atom stereocenters. The summed E-state index contributed by atoms with van der Waals surface area (Å²) in [5.74, 6) is 0.835. The summed E-state index contributed by atoms with van der Waals surface area (Å²) in [5.41, 5.74) is 8.02. The van der Waals surface area contributed by atoms with Crippen molar-refractivity contribution in [3.8, 4) is 11.5 Å². The number of aromatic nitrogens is 2. The summed E-state index contributed by atoms with van der Waals surface area (Å²) in [5, 5.41) is 0. The molecule has 6 heteroatoms. The molecule has 4 nitrogen and oxygen atoms in total. The SMILES string of the molecule is Nc1cnccc1SCc1coc(-c2ccc(F)cc2)n1. The first-order valence-corrected chi connectivity index (χ1v) is 7.23. The van der Waals surface area contributed by atoms with Crippen LogP contribution in [0.3, 0.4) is 0 Å². The maximum Gasteiger partial charge on any atom is 0.226 e. The molecule has 0 bridgehead atoms. The monoisotopic (exact) mass is 301 g/mol. The van der Waals surface area contributed by atoms with Crippen molar-refractivity contribution in [1.29, 1.82) is 0 Å². The molecule has 3 aromatic rings. The van der Waals surface area contributed by atoms with E-state index in [1.165, 1.54) is 12.1 Å². The lowest BCUT2D eigenvalue weighted by Gasteiger charge is -2.01. The van der Waals surface area contributed by atoms with Crippen LogP contribution >= 0.6 is 11.8 Å². The zero-order valence-corrected chi connectivity index (χ0v) is 11.8. The lowest BCUT2D eigenvalue weighted by atomic mass is 10.2. The quantitative estimate of drug-likeness (QED) is 0.743. The summed E-state index contributed by atoms with van der Waals surface area (Å²) in [6, 6.07) is 7.90. The smallest absolute Gasteiger partial charge is 0.226 e. The second-order valence-electron chi connectivity index (χ2n) is 4.35. The number of hydrogen-bond acceptors (Lipinski definition) is 5. The molecule has 2 N–H and O–H groups in total. The largest absolute Gasteiger partial charge is 0.444 e. The minimum absolute atomic E-state index is 0.283. The van der Waals surface area contributed by atoms with E-state index in [1.807, 2.05) is 6.07 Å². The highest BCUT2D eigenvalue weighted by Crippen LogP contribution is 2.28. The van der Waals surface area contributed by atoms with Crippen LogP contribution in [0.25, 0.3) is 11.5 Å². The van der Waals surface area contributed by atoms with Crippen LogP contribution in [-0.4, -0.2) is 9.97 Å². The summed E-state index contributed by atoms with van der Waals surface area (Å²) < 4.78 is 18.3. The average molecular weight is 301 g/mol. The molecule has 0 aliphatic heterocycles. The van der Waals surface area contributed by atoms with Gasteiger partial charge >= 0.3 is 0 Å². The molecule has 0 aliphatic rings. The van der Waals surface area contributed by atoms with E-state index in [1.54, 1.807) is 42.6 Å². The number of thioether (sulfide) groups is 1. The molecule has 0 spiro atoms. The third-order valence-electron chi connectivity index (χ3n) is 2.83. The number of rotatable bonds is 4. The van der Waals surface area contributed by atoms with Crippen LogP contribution in [0.15, 0.2) is 58.3 Å². The number of anilines is 1. The summed E-state index contributed by atoms with van der Waals surface area (Å²) in [6.45, 7) is 0. The minimum Gasteiger partial charge on any atom is -0.444 e. The molecule has 2 heterocycles. The first-order valence-electron chi connectivity index (χ1n) is 6.25. The van der Waals surface area contributed by atoms with Crippen molar-refractivity contribution in [2.24, 2.45) is 0 Å². The third-order valence-corrected chi connectivity index (χ3v) is 3.95. The van der Waals surface area contributed by atoms with E-state index >= 15 is 0 Å². The summed E-state index contributed by atoms with van der Waals surface area (Å²) in [4.78, 5) is 9.29. The van der Waals surface area contributed by atoms with Crippen molar-refractivity contribution >= 4 is 17.4 Å². The summed E-state index contributed by atoms with van der Waals surface area (Å²) in [6.07, 6.45) is 4.92. The lowest BCUT2D eigenvalue weighted by molar-refractivity contribution is 0.573. The fraction of sp³-hybridized carbons (Fsp3) is 0.0667. The number of nitrogen functional groups attached to an aromatic ring is 1. The Morgan fingerprint density at radius 1 is 1.19 bits per heavy atom. The van der Waals surface area contributed by atoms with Crippen LogP contribution < -0.4 is 5.73 Å². The van der Waals surface area contributed by atoms with Crippen LogP contribution in [0.4, 0.5) is 10.1 Å². The van der Waals surface area contributed by atoms with Crippen molar-refractivity contribution in [3.05, 3.63) is 60.5 Å². The molecular weight excluding hydrogens is 289 g/mol. The van der Waals surface area contributed by atoms with E-state index in [0.717, 1.165) is 16.2 Å². The topological polar surface area (TPSA) is 64.9 Å². The minimum atomic E-state index is -0.283. The van der Waals surface area contributed by atoms with Crippen LogP contribution in [0.2, 0.25) is 0 Å². The Labute approximate surface area is 125 Å². The molecule has 0 radical (unpaired) electrons. The maximum absolute atomic E-state index is 12.9. The predicted octanol–water partition coefficient (Wildman–Crippen LogP) is 3.75. The van der Waals surface area contributed by atoms with Crippen molar-refractivity contribution < 1.29 is 8.81 Å². The highest BCUT2D eigenvalue weighted by molar-refractivity contribution is 7.98. The number of nitrogens with zero attached hydrogens (tertiary/aromatic N) is 2. The van der Waals surface area contributed by atoms with Crippen molar-refractivity contribution in [1.82, 2.24) is 9.97 Å². The number of benzene rings is 1. The van der Waals surface area contributed by atoms with E-state index in [-0.39, 0.29) is 5.82 Å². The number of hydrogen-bond donors (Lipinski definition) is 1. The molecule has 0 fully saturated rings. The zero-order valence-electron chi connectivity index (χ0n) is 11.0. The van der Waals surface area contributed by atoms with Gasteiger partial charge in [-0.15, -0.1) is 11.8 Å². The molecule has 2 aromatic heterocycles. The van der Waals surface area contributed by atoms with Gasteiger partial charge in [-0.25, -0.2) is 9.37 Å². The second kappa shape index (κ2) is 5.97. The highest BCUT2D eigenvalue weighted by atomic mass is 32.2. The van der Waals surface area contributed by atoms with Gasteiger partial charge in [-0.3, -0.25) is 4.98 Å². The van der Waals surface area contributed by atoms with Crippen molar-refractivity contribution in [2.75, 3.05) is 5.73 Å². The molecule has 106 valence electrons. The van der Waals surface area contributed by atoms with Crippen LogP contribution in [0, 0.1) is 5.82 Å². The molecule has 1 aromatic carbocycles. The Bertz CT molecular complexity index is 743. The Balaban J connectivity index is 1.71. The standard InChI is InChI=1S/C15H12FN3OS/c16-11-3-1-10(2-4-11)15-19-12(8-20-15)9-21-14-5-6-18-7-13(14)17/h1-8H,9,17H2. The summed E-state index contributed by atoms with van der Waals surface area (Å²) >= 11 is 1.56. The fourth-order valence-electron chi connectivity index (χ4n) is 1.78. The van der Waals surface area contributed by atoms with Gasteiger partial charge in [0.2, 0.25) is 5.89 Å². The number of nitrogens with two attached hydrogens (primary N) is 1. The molecule has 0 amide bonds. The van der Waals surface area contributed by atoms with Crippen LogP contribution in [0.5, 0.6) is 0 Å². The molecule has 0 aliphatic carbocycles. The first-order chi connectivity index (χ1) is 10.2. The van der Waals surface area contributed by atoms with E-state index in [2.05, 4.69) is 9.97 Å². The van der Waals surface area contributed by atoms with E-state index in [4.69, 9.17) is 10.2 Å². The van der Waals surface area contributed by atoms with Gasteiger partial charge in [0.1, 0.15) is 12.1 Å². The highest BCUT2D eigenvalue weighted by Gasteiger charge is 2.08. The van der Waals surface area contributed by atoms with Gasteiger partial charge in [-0.05, 0) is 30.3 Å². The Morgan fingerprint density at radius 3 is 2.76 bits per heavy atom. The predicted molar refractivity (Wildman–Crippen MR) is 80.1 cm³/mol. The molecule has 0 saturated carbocycles. The van der Waals surface area contributed by atoms with Crippen LogP contribution in [-0.2, 0) is 5.75 Å². The molecule has 0 saturated heterocycles. The number of halogens is 1. The van der Waals surface area contributed by atoms with Gasteiger partial charge in [0.05, 0.1) is 17.6 Å². The van der Waals surface area contributed by atoms with E-state index in [9.17, 15) is 4.39 Å². The van der Waals surface area contributed by atoms with Crippen molar-refractivity contribution in [3.63, 3.8) is 0 Å². The number of oxazole rings is 1. The van der Waals surface area contributed by atoms with E-state index in [0.29, 0.717) is 17.3 Å². The molecule has 0 unspecified atom stereocenters. The van der Waals surface area contributed by atoms with Gasteiger partial charge in [0.25, 0.3) is 0 Å². The maximum atomic E-state index is 12.9. The second-order valence-corrected chi connectivity index (χ2v) is 5.37. The normalized spacial score (nSPS) is 10.7. The van der Waals surface area contributed by atoms with Gasteiger partial charge in [-0.1, -0.05) is 0 Å². The van der Waals surface area contributed by atoms with Gasteiger partial charge in [-0.2, -0.15) is 0 Å². The Morgan fingerprint density at radius 2 is 2.00 bits per heavy atom. The van der Waals surface area contributed by atoms with Gasteiger partial charge in [0, 0.05) is 22.4 Å². The van der Waals surface area contributed by atoms with Gasteiger partial charge < -0.3 is 10.2 Å². The van der Waals surface area contributed by atoms with Crippen LogP contribution in [0.1, 0.15) is 5.69 Å². The first kappa shape index (κ1) is 13.6. The lowest BCUT2D eigenvalue weighted by Crippen LogP contribution is -1.90.